The van der Waals surface area contributed by atoms with Gasteiger partial charge < -0.3 is 0 Å². The van der Waals surface area contributed by atoms with Crippen molar-refractivity contribution in [3.63, 3.8) is 0 Å². The van der Waals surface area contributed by atoms with Gasteiger partial charge in [0.2, 0.25) is 20.0 Å². The molecule has 1 heterocycles. The lowest BCUT2D eigenvalue weighted by Crippen LogP contribution is -2.37. The molecule has 1 aromatic rings. The van der Waals surface area contributed by atoms with Crippen LogP contribution in [0.2, 0.25) is 0 Å². The summed E-state index contributed by atoms with van der Waals surface area (Å²) < 4.78 is 49.4. The third-order valence-corrected chi connectivity index (χ3v) is 6.92. The van der Waals surface area contributed by atoms with Crippen LogP contribution in [0, 0.1) is 5.92 Å². The van der Waals surface area contributed by atoms with Gasteiger partial charge in [-0.3, -0.25) is 0 Å². The molecular formula is C12H16N2O4S2. The normalized spacial score (nSPS) is 27.1. The Bertz CT molecular complexity index is 742. The number of fused-ring (bicyclic) bond motifs is 2. The van der Waals surface area contributed by atoms with Crippen molar-refractivity contribution in [2.45, 2.75) is 35.1 Å². The van der Waals surface area contributed by atoms with Crippen LogP contribution >= 0.6 is 0 Å². The van der Waals surface area contributed by atoms with Crippen LogP contribution in [0.3, 0.4) is 0 Å². The maximum absolute atomic E-state index is 12.6. The van der Waals surface area contributed by atoms with Gasteiger partial charge in [-0.15, -0.1) is 0 Å². The first kappa shape index (κ1) is 14.0. The zero-order valence-electron chi connectivity index (χ0n) is 10.8. The molecule has 0 amide bonds. The van der Waals surface area contributed by atoms with Crippen molar-refractivity contribution in [3.05, 3.63) is 24.3 Å². The molecule has 110 valence electrons. The molecule has 2 N–H and O–H groups in total. The number of sulfonamides is 2. The van der Waals surface area contributed by atoms with Crippen molar-refractivity contribution >= 4 is 20.0 Å². The minimum absolute atomic E-state index is 0.00317. The zero-order valence-corrected chi connectivity index (χ0v) is 12.4. The highest BCUT2D eigenvalue weighted by Gasteiger charge is 2.44. The minimum atomic E-state index is -3.90. The van der Waals surface area contributed by atoms with Gasteiger partial charge >= 0.3 is 0 Å². The first-order chi connectivity index (χ1) is 9.28. The Hall–Kier alpha value is -0.960. The fourth-order valence-corrected chi connectivity index (χ4v) is 5.54. The largest absolute Gasteiger partial charge is 0.243 e. The predicted octanol–water partition coefficient (Wildman–Crippen LogP) is 0.507. The van der Waals surface area contributed by atoms with Crippen molar-refractivity contribution < 1.29 is 16.8 Å². The summed E-state index contributed by atoms with van der Waals surface area (Å²) in [5, 5.41) is 5.05. The SMILES string of the molecule is NS(=O)(=O)c1cccc(S(=O)(=O)N2CC3CCC2C3)c1. The van der Waals surface area contributed by atoms with Crippen LogP contribution < -0.4 is 5.14 Å². The second-order valence-corrected chi connectivity index (χ2v) is 8.88. The van der Waals surface area contributed by atoms with Crippen molar-refractivity contribution in [2.75, 3.05) is 6.54 Å². The summed E-state index contributed by atoms with van der Waals surface area (Å²) in [7, 11) is -7.54. The summed E-state index contributed by atoms with van der Waals surface area (Å²) in [5.41, 5.74) is 0. The molecule has 0 radical (unpaired) electrons. The molecular weight excluding hydrogens is 300 g/mol. The molecule has 0 spiro atoms. The van der Waals surface area contributed by atoms with Crippen molar-refractivity contribution in [1.82, 2.24) is 4.31 Å². The summed E-state index contributed by atoms with van der Waals surface area (Å²) in [4.78, 5) is -0.181. The summed E-state index contributed by atoms with van der Waals surface area (Å²) in [6.07, 6.45) is 2.88. The molecule has 6 nitrogen and oxygen atoms in total. The lowest BCUT2D eigenvalue weighted by Gasteiger charge is -2.26. The number of nitrogens with zero attached hydrogens (tertiary/aromatic N) is 1. The molecule has 3 rings (SSSR count). The Labute approximate surface area is 118 Å². The van der Waals surface area contributed by atoms with E-state index >= 15 is 0 Å². The van der Waals surface area contributed by atoms with Crippen LogP contribution in [0.1, 0.15) is 19.3 Å². The molecule has 2 unspecified atom stereocenters. The van der Waals surface area contributed by atoms with E-state index in [1.807, 2.05) is 0 Å². The van der Waals surface area contributed by atoms with E-state index in [1.165, 1.54) is 22.5 Å². The van der Waals surface area contributed by atoms with E-state index in [0.29, 0.717) is 12.5 Å². The van der Waals surface area contributed by atoms with Crippen LogP contribution in [0.4, 0.5) is 0 Å². The maximum Gasteiger partial charge on any atom is 0.243 e. The average Bonchev–Trinajstić information content (AvgIpc) is 3.00. The molecule has 8 heteroatoms. The Morgan fingerprint density at radius 2 is 1.80 bits per heavy atom. The summed E-state index contributed by atoms with van der Waals surface area (Å²) in [5.74, 6) is 0.441. The summed E-state index contributed by atoms with van der Waals surface area (Å²) in [6, 6.07) is 5.31. The van der Waals surface area contributed by atoms with E-state index in [9.17, 15) is 16.8 Å². The average molecular weight is 316 g/mol. The van der Waals surface area contributed by atoms with E-state index in [4.69, 9.17) is 5.14 Å². The molecule has 2 atom stereocenters. The molecule has 1 aliphatic heterocycles. The number of nitrogens with two attached hydrogens (primary N) is 1. The van der Waals surface area contributed by atoms with Gasteiger partial charge in [0.25, 0.3) is 0 Å². The molecule has 1 aliphatic carbocycles. The van der Waals surface area contributed by atoms with Crippen LogP contribution in [0.5, 0.6) is 0 Å². The van der Waals surface area contributed by atoms with Gasteiger partial charge in [-0.25, -0.2) is 22.0 Å². The molecule has 1 saturated carbocycles. The Kier molecular flexibility index (Phi) is 3.16. The second-order valence-electron chi connectivity index (χ2n) is 5.43. The van der Waals surface area contributed by atoms with Crippen LogP contribution in [-0.2, 0) is 20.0 Å². The lowest BCUT2D eigenvalue weighted by molar-refractivity contribution is 0.333. The molecule has 1 saturated heterocycles. The lowest BCUT2D eigenvalue weighted by atomic mass is 10.1. The van der Waals surface area contributed by atoms with E-state index < -0.39 is 20.0 Å². The summed E-state index contributed by atoms with van der Waals surface area (Å²) >= 11 is 0. The van der Waals surface area contributed by atoms with E-state index in [-0.39, 0.29) is 15.8 Å². The van der Waals surface area contributed by atoms with E-state index in [2.05, 4.69) is 0 Å². The Morgan fingerprint density at radius 3 is 2.35 bits per heavy atom. The standard InChI is InChI=1S/C12H16N2O4S2/c13-19(15,16)11-2-1-3-12(7-11)20(17,18)14-8-9-4-5-10(14)6-9/h1-3,7,9-10H,4-6,8H2,(H2,13,15,16). The van der Waals surface area contributed by atoms with E-state index in [0.717, 1.165) is 25.3 Å². The first-order valence-electron chi connectivity index (χ1n) is 6.43. The monoisotopic (exact) mass is 316 g/mol. The van der Waals surface area contributed by atoms with Crippen molar-refractivity contribution in [2.24, 2.45) is 11.1 Å². The number of rotatable bonds is 3. The first-order valence-corrected chi connectivity index (χ1v) is 9.42. The number of hydrogen-bond acceptors (Lipinski definition) is 4. The predicted molar refractivity (Wildman–Crippen MR) is 72.8 cm³/mol. The number of benzene rings is 1. The zero-order chi connectivity index (χ0) is 14.5. The van der Waals surface area contributed by atoms with Crippen molar-refractivity contribution in [3.8, 4) is 0 Å². The third-order valence-electron chi connectivity index (χ3n) is 4.10. The molecule has 0 aromatic heterocycles. The third kappa shape index (κ3) is 2.26. The maximum atomic E-state index is 12.6. The minimum Gasteiger partial charge on any atom is -0.225 e. The van der Waals surface area contributed by atoms with Gasteiger partial charge in [-0.05, 0) is 43.4 Å². The molecule has 2 aliphatic rings. The highest BCUT2D eigenvalue weighted by molar-refractivity contribution is 7.90. The topological polar surface area (TPSA) is 97.5 Å². The van der Waals surface area contributed by atoms with Crippen LogP contribution in [0.25, 0.3) is 0 Å². The highest BCUT2D eigenvalue weighted by Crippen LogP contribution is 2.40. The fourth-order valence-electron chi connectivity index (χ4n) is 3.12. The van der Waals surface area contributed by atoms with Gasteiger partial charge in [0, 0.05) is 12.6 Å². The highest BCUT2D eigenvalue weighted by atomic mass is 32.2. The van der Waals surface area contributed by atoms with Gasteiger partial charge in [-0.2, -0.15) is 4.31 Å². The van der Waals surface area contributed by atoms with Crippen molar-refractivity contribution in [1.29, 1.82) is 0 Å². The smallest absolute Gasteiger partial charge is 0.225 e. The molecule has 2 fully saturated rings. The number of hydrogen-bond donors (Lipinski definition) is 1. The number of piperidine rings is 1. The second kappa shape index (κ2) is 4.52. The number of primary sulfonamides is 1. The molecule has 2 bridgehead atoms. The Balaban J connectivity index is 2.00. The van der Waals surface area contributed by atoms with E-state index in [1.54, 1.807) is 0 Å². The quantitative estimate of drug-likeness (QED) is 0.878. The Morgan fingerprint density at radius 1 is 1.10 bits per heavy atom. The van der Waals surface area contributed by atoms with Gasteiger partial charge in [0.05, 0.1) is 9.79 Å². The molecule has 20 heavy (non-hydrogen) atoms. The van der Waals surface area contributed by atoms with Gasteiger partial charge in [0.15, 0.2) is 0 Å². The van der Waals surface area contributed by atoms with Crippen LogP contribution in [-0.4, -0.2) is 33.7 Å². The fraction of sp³-hybridized carbons (Fsp3) is 0.500. The van der Waals surface area contributed by atoms with Gasteiger partial charge in [0.1, 0.15) is 0 Å². The summed E-state index contributed by atoms with van der Waals surface area (Å²) in [6.45, 7) is 0.534. The van der Waals surface area contributed by atoms with Crippen LogP contribution in [0.15, 0.2) is 34.1 Å². The molecule has 1 aromatic carbocycles. The van der Waals surface area contributed by atoms with Gasteiger partial charge in [-0.1, -0.05) is 6.07 Å².